The predicted octanol–water partition coefficient (Wildman–Crippen LogP) is 5.86. The summed E-state index contributed by atoms with van der Waals surface area (Å²) in [5, 5.41) is 9.39. The minimum atomic E-state index is -7.44. The van der Waals surface area contributed by atoms with Gasteiger partial charge >= 0.3 is 29.9 Å². The van der Waals surface area contributed by atoms with Gasteiger partial charge in [0.15, 0.2) is 0 Å². The van der Waals surface area contributed by atoms with Crippen LogP contribution >= 0.6 is 0 Å². The highest BCUT2D eigenvalue weighted by Crippen LogP contribution is 2.58. The SMILES string of the molecule is OC(CCCc1ccccc1)CC(F)(F)C(F)(F)C(F)(F)C(F)(F)C(F)(F)F. The third-order valence-corrected chi connectivity index (χ3v) is 3.94. The average molecular weight is 432 g/mol. The topological polar surface area (TPSA) is 20.2 Å². The Hall–Kier alpha value is -1.59. The van der Waals surface area contributed by atoms with E-state index in [9.17, 15) is 53.4 Å². The molecule has 0 saturated carbocycles. The van der Waals surface area contributed by atoms with Crippen LogP contribution in [-0.4, -0.2) is 41.1 Å². The second-order valence-electron chi connectivity index (χ2n) is 6.16. The molecule has 0 spiro atoms. The zero-order valence-corrected chi connectivity index (χ0v) is 13.9. The van der Waals surface area contributed by atoms with Gasteiger partial charge in [0.25, 0.3) is 0 Å². The van der Waals surface area contributed by atoms with E-state index in [1.54, 1.807) is 30.3 Å². The molecule has 0 amide bonds. The van der Waals surface area contributed by atoms with Gasteiger partial charge < -0.3 is 5.11 Å². The van der Waals surface area contributed by atoms with E-state index in [1.807, 2.05) is 0 Å². The maximum atomic E-state index is 13.5. The van der Waals surface area contributed by atoms with Gasteiger partial charge in [-0.15, -0.1) is 0 Å². The third kappa shape index (κ3) is 4.69. The fourth-order valence-electron chi connectivity index (χ4n) is 2.32. The van der Waals surface area contributed by atoms with Crippen LogP contribution in [0.4, 0.5) is 48.3 Å². The van der Waals surface area contributed by atoms with Crippen molar-refractivity contribution in [1.29, 1.82) is 0 Å². The molecule has 1 aromatic carbocycles. The van der Waals surface area contributed by atoms with E-state index in [0.717, 1.165) is 0 Å². The minimum Gasteiger partial charge on any atom is -0.393 e. The molecule has 12 heteroatoms. The summed E-state index contributed by atoms with van der Waals surface area (Å²) in [5.41, 5.74) is 0.683. The Bertz CT molecular complexity index is 625. The zero-order chi connectivity index (χ0) is 22.0. The van der Waals surface area contributed by atoms with E-state index in [0.29, 0.717) is 5.56 Å². The molecule has 1 atom stereocenters. The number of hydrogen-bond donors (Lipinski definition) is 1. The highest BCUT2D eigenvalue weighted by atomic mass is 19.4. The van der Waals surface area contributed by atoms with Gasteiger partial charge in [0.05, 0.1) is 6.10 Å². The molecule has 0 heterocycles. The summed E-state index contributed by atoms with van der Waals surface area (Å²) in [6.45, 7) is 0. The van der Waals surface area contributed by atoms with Crippen molar-refractivity contribution < 1.29 is 53.4 Å². The van der Waals surface area contributed by atoms with E-state index in [1.165, 1.54) is 0 Å². The Morgan fingerprint density at radius 2 is 1.21 bits per heavy atom. The lowest BCUT2D eigenvalue weighted by Gasteiger charge is -2.37. The van der Waals surface area contributed by atoms with Crippen molar-refractivity contribution in [3.05, 3.63) is 35.9 Å². The molecule has 0 aromatic heterocycles. The molecule has 0 radical (unpaired) electrons. The lowest BCUT2D eigenvalue weighted by Crippen LogP contribution is -2.66. The Kier molecular flexibility index (Phi) is 7.02. The van der Waals surface area contributed by atoms with Crippen molar-refractivity contribution in [1.82, 2.24) is 0 Å². The number of halogens is 11. The molecule has 162 valence electrons. The molecule has 1 N–H and O–H groups in total. The van der Waals surface area contributed by atoms with Crippen LogP contribution in [0.25, 0.3) is 0 Å². The lowest BCUT2D eigenvalue weighted by molar-refractivity contribution is -0.423. The quantitative estimate of drug-likeness (QED) is 0.485. The molecule has 0 bridgehead atoms. The fourth-order valence-corrected chi connectivity index (χ4v) is 2.32. The second kappa shape index (κ2) is 8.03. The molecule has 0 aliphatic rings. The van der Waals surface area contributed by atoms with Crippen LogP contribution in [0.3, 0.4) is 0 Å². The maximum absolute atomic E-state index is 13.5. The van der Waals surface area contributed by atoms with Crippen LogP contribution in [0.1, 0.15) is 24.8 Å². The smallest absolute Gasteiger partial charge is 0.393 e. The molecule has 0 saturated heterocycles. The molecular weight excluding hydrogens is 417 g/mol. The Labute approximate surface area is 152 Å². The number of alkyl halides is 11. The Balaban J connectivity index is 2.85. The van der Waals surface area contributed by atoms with Gasteiger partial charge in [-0.1, -0.05) is 30.3 Å². The summed E-state index contributed by atoms with van der Waals surface area (Å²) < 4.78 is 141. The molecule has 0 fully saturated rings. The Morgan fingerprint density at radius 1 is 0.714 bits per heavy atom. The first-order valence-corrected chi connectivity index (χ1v) is 7.77. The van der Waals surface area contributed by atoms with Crippen LogP contribution < -0.4 is 0 Å². The first-order valence-electron chi connectivity index (χ1n) is 7.77. The number of aliphatic hydroxyl groups is 1. The number of rotatable bonds is 9. The van der Waals surface area contributed by atoms with E-state index >= 15 is 0 Å². The Morgan fingerprint density at radius 3 is 1.68 bits per heavy atom. The number of hydrogen-bond acceptors (Lipinski definition) is 1. The molecule has 1 rings (SSSR count). The van der Waals surface area contributed by atoms with Crippen molar-refractivity contribution in [2.45, 2.75) is 61.7 Å². The van der Waals surface area contributed by atoms with Gasteiger partial charge in [-0.25, -0.2) is 0 Å². The van der Waals surface area contributed by atoms with Gasteiger partial charge in [0.2, 0.25) is 0 Å². The van der Waals surface area contributed by atoms with Crippen LogP contribution in [-0.2, 0) is 6.42 Å². The lowest BCUT2D eigenvalue weighted by atomic mass is 9.93. The first kappa shape index (κ1) is 24.4. The number of benzene rings is 1. The molecular formula is C16H15F11O. The molecule has 0 aliphatic carbocycles. The van der Waals surface area contributed by atoms with Gasteiger partial charge in [0.1, 0.15) is 0 Å². The van der Waals surface area contributed by atoms with Crippen LogP contribution in [0.5, 0.6) is 0 Å². The standard InChI is InChI=1S/C16H15F11O/c17-12(18,9-11(28)8-4-7-10-5-2-1-3-6-10)13(19,20)14(21,22)15(23,24)16(25,26)27/h1-3,5-6,11,28H,4,7-9H2. The van der Waals surface area contributed by atoms with Crippen LogP contribution in [0.15, 0.2) is 30.3 Å². The minimum absolute atomic E-state index is 0.0536. The summed E-state index contributed by atoms with van der Waals surface area (Å²) in [5.74, 6) is -28.0. The van der Waals surface area contributed by atoms with Crippen molar-refractivity contribution in [2.24, 2.45) is 0 Å². The molecule has 0 aliphatic heterocycles. The average Bonchev–Trinajstić information content (AvgIpc) is 2.53. The molecule has 1 aromatic rings. The summed E-state index contributed by atoms with van der Waals surface area (Å²) in [6.07, 6.45) is -12.4. The summed E-state index contributed by atoms with van der Waals surface area (Å²) >= 11 is 0. The largest absolute Gasteiger partial charge is 0.460 e. The van der Waals surface area contributed by atoms with E-state index in [-0.39, 0.29) is 12.8 Å². The summed E-state index contributed by atoms with van der Waals surface area (Å²) in [4.78, 5) is 0. The summed E-state index contributed by atoms with van der Waals surface area (Å²) in [7, 11) is 0. The molecule has 1 nitrogen and oxygen atoms in total. The zero-order valence-electron chi connectivity index (χ0n) is 13.9. The van der Waals surface area contributed by atoms with Crippen molar-refractivity contribution in [2.75, 3.05) is 0 Å². The molecule has 1 unspecified atom stereocenters. The molecule has 28 heavy (non-hydrogen) atoms. The van der Waals surface area contributed by atoms with Crippen molar-refractivity contribution in [3.63, 3.8) is 0 Å². The van der Waals surface area contributed by atoms with Crippen molar-refractivity contribution in [3.8, 4) is 0 Å². The van der Waals surface area contributed by atoms with Gasteiger partial charge in [-0.2, -0.15) is 48.3 Å². The van der Waals surface area contributed by atoms with Gasteiger partial charge in [-0.3, -0.25) is 0 Å². The summed E-state index contributed by atoms with van der Waals surface area (Å²) in [6, 6.07) is 8.16. The third-order valence-electron chi connectivity index (χ3n) is 3.94. The van der Waals surface area contributed by atoms with Gasteiger partial charge in [-0.05, 0) is 24.8 Å². The highest BCUT2D eigenvalue weighted by Gasteiger charge is 2.86. The number of aliphatic hydroxyl groups excluding tert-OH is 1. The van der Waals surface area contributed by atoms with Gasteiger partial charge in [0, 0.05) is 6.42 Å². The van der Waals surface area contributed by atoms with E-state index in [2.05, 4.69) is 0 Å². The maximum Gasteiger partial charge on any atom is 0.460 e. The number of aryl methyl sites for hydroxylation is 1. The monoisotopic (exact) mass is 432 g/mol. The van der Waals surface area contributed by atoms with E-state index in [4.69, 9.17) is 0 Å². The normalized spacial score (nSPS) is 15.6. The first-order chi connectivity index (χ1) is 12.5. The van der Waals surface area contributed by atoms with Crippen molar-refractivity contribution >= 4 is 0 Å². The van der Waals surface area contributed by atoms with E-state index < -0.39 is 48.8 Å². The second-order valence-corrected chi connectivity index (χ2v) is 6.16. The highest BCUT2D eigenvalue weighted by molar-refractivity contribution is 5.14. The van der Waals surface area contributed by atoms with Crippen LogP contribution in [0, 0.1) is 0 Å². The van der Waals surface area contributed by atoms with Crippen LogP contribution in [0.2, 0.25) is 0 Å². The predicted molar refractivity (Wildman–Crippen MR) is 75.8 cm³/mol. The fraction of sp³-hybridized carbons (Fsp3) is 0.625.